The van der Waals surface area contributed by atoms with Gasteiger partial charge in [-0.1, -0.05) is 182 Å². The average molecular weight is 715 g/mol. The molecule has 9 aromatic carbocycles. The Morgan fingerprint density at radius 3 is 1.50 bits per heavy atom. The molecule has 0 bridgehead atoms. The van der Waals surface area contributed by atoms with Crippen molar-refractivity contribution in [1.29, 1.82) is 0 Å². The van der Waals surface area contributed by atoms with Gasteiger partial charge in [0, 0.05) is 27.6 Å². The molecule has 0 atom stereocenters. The molecule has 2 nitrogen and oxygen atoms in total. The van der Waals surface area contributed by atoms with Gasteiger partial charge in [-0.25, -0.2) is 0 Å². The largest absolute Gasteiger partial charge is 0.309 e. The fourth-order valence-electron chi connectivity index (χ4n) is 8.21. The minimum atomic E-state index is 1.10. The highest BCUT2D eigenvalue weighted by molar-refractivity contribution is 6.17. The summed E-state index contributed by atoms with van der Waals surface area (Å²) >= 11 is 0. The van der Waals surface area contributed by atoms with Crippen molar-refractivity contribution in [3.63, 3.8) is 0 Å². The molecule has 0 saturated heterocycles. The van der Waals surface area contributed by atoms with E-state index in [-0.39, 0.29) is 0 Å². The minimum absolute atomic E-state index is 1.10. The van der Waals surface area contributed by atoms with Crippen LogP contribution in [0.15, 0.2) is 231 Å². The topological polar surface area (TPSA) is 8.17 Å². The van der Waals surface area contributed by atoms with Gasteiger partial charge in [-0.2, -0.15) is 0 Å². The van der Waals surface area contributed by atoms with Crippen molar-refractivity contribution in [2.45, 2.75) is 0 Å². The molecule has 56 heavy (non-hydrogen) atoms. The van der Waals surface area contributed by atoms with Gasteiger partial charge in [0.2, 0.25) is 0 Å². The molecule has 10 rings (SSSR count). The van der Waals surface area contributed by atoms with Crippen molar-refractivity contribution in [2.75, 3.05) is 4.90 Å². The molecule has 0 unspecified atom stereocenters. The second kappa shape index (κ2) is 14.4. The summed E-state index contributed by atoms with van der Waals surface area (Å²) in [6, 6.07) is 83.0. The minimum Gasteiger partial charge on any atom is -0.309 e. The predicted octanol–water partition coefficient (Wildman–Crippen LogP) is 14.9. The van der Waals surface area contributed by atoms with Crippen LogP contribution in [0.4, 0.5) is 17.1 Å². The van der Waals surface area contributed by atoms with Gasteiger partial charge in [0.25, 0.3) is 0 Å². The second-order valence-electron chi connectivity index (χ2n) is 14.1. The fraction of sp³-hybridized carbons (Fsp3) is 0. The van der Waals surface area contributed by atoms with Crippen LogP contribution in [-0.2, 0) is 0 Å². The van der Waals surface area contributed by atoms with Crippen molar-refractivity contribution in [2.24, 2.45) is 0 Å². The van der Waals surface area contributed by atoms with E-state index in [1.165, 1.54) is 49.7 Å². The van der Waals surface area contributed by atoms with Gasteiger partial charge in [-0.15, -0.1) is 0 Å². The Morgan fingerprint density at radius 1 is 0.304 bits per heavy atom. The third kappa shape index (κ3) is 5.95. The summed E-state index contributed by atoms with van der Waals surface area (Å²) in [5.41, 5.74) is 16.3. The SMILES string of the molecule is c1ccc(-c2ccc(-c3ccc(N(c4ccccc4)c4cccc5c4c4ccccc4n5-c4ccccc4-c4ccccc4)c(-c4ccccc4)c3)cc2)cc1. The Bertz CT molecular complexity index is 2930. The molecule has 2 heteroatoms. The third-order valence-electron chi connectivity index (χ3n) is 10.8. The maximum absolute atomic E-state index is 2.45. The lowest BCUT2D eigenvalue weighted by Crippen LogP contribution is -2.12. The summed E-state index contributed by atoms with van der Waals surface area (Å²) in [5, 5.41) is 2.41. The molecule has 0 amide bonds. The molecular formula is C54H38N2. The van der Waals surface area contributed by atoms with E-state index in [1.807, 2.05) is 0 Å². The van der Waals surface area contributed by atoms with Crippen LogP contribution >= 0.6 is 0 Å². The summed E-state index contributed by atoms with van der Waals surface area (Å²) in [7, 11) is 0. The Morgan fingerprint density at radius 2 is 0.804 bits per heavy atom. The van der Waals surface area contributed by atoms with E-state index in [2.05, 4.69) is 240 Å². The number of hydrogen-bond donors (Lipinski definition) is 0. The lowest BCUT2D eigenvalue weighted by atomic mass is 9.95. The normalized spacial score (nSPS) is 11.2. The van der Waals surface area contributed by atoms with Crippen LogP contribution in [-0.4, -0.2) is 4.57 Å². The number of hydrogen-bond acceptors (Lipinski definition) is 1. The lowest BCUT2D eigenvalue weighted by molar-refractivity contribution is 1.18. The molecule has 0 radical (unpaired) electrons. The Labute approximate surface area is 327 Å². The molecule has 0 aliphatic carbocycles. The Balaban J connectivity index is 1.20. The van der Waals surface area contributed by atoms with Crippen molar-refractivity contribution >= 4 is 38.9 Å². The van der Waals surface area contributed by atoms with Gasteiger partial charge >= 0.3 is 0 Å². The summed E-state index contributed by atoms with van der Waals surface area (Å²) in [6.45, 7) is 0. The van der Waals surface area contributed by atoms with Crippen LogP contribution in [0.3, 0.4) is 0 Å². The first-order chi connectivity index (χ1) is 27.8. The number of anilines is 3. The summed E-state index contributed by atoms with van der Waals surface area (Å²) < 4.78 is 2.44. The second-order valence-corrected chi connectivity index (χ2v) is 14.1. The smallest absolute Gasteiger partial charge is 0.0562 e. The molecule has 0 spiro atoms. The van der Waals surface area contributed by atoms with Gasteiger partial charge in [-0.3, -0.25) is 0 Å². The molecule has 264 valence electrons. The van der Waals surface area contributed by atoms with E-state index >= 15 is 0 Å². The van der Waals surface area contributed by atoms with Crippen LogP contribution in [0.1, 0.15) is 0 Å². The highest BCUT2D eigenvalue weighted by Crippen LogP contribution is 2.47. The molecule has 0 fully saturated rings. The van der Waals surface area contributed by atoms with E-state index in [0.29, 0.717) is 0 Å². The average Bonchev–Trinajstić information content (AvgIpc) is 3.63. The lowest BCUT2D eigenvalue weighted by Gasteiger charge is -2.29. The van der Waals surface area contributed by atoms with Crippen LogP contribution in [0.5, 0.6) is 0 Å². The van der Waals surface area contributed by atoms with Crippen molar-refractivity contribution in [3.8, 4) is 50.2 Å². The molecule has 0 aliphatic rings. The molecule has 0 saturated carbocycles. The Hall–Kier alpha value is -7.42. The maximum Gasteiger partial charge on any atom is 0.0562 e. The van der Waals surface area contributed by atoms with E-state index in [0.717, 1.165) is 39.4 Å². The number of para-hydroxylation sites is 3. The highest BCUT2D eigenvalue weighted by atomic mass is 15.2. The van der Waals surface area contributed by atoms with Gasteiger partial charge in [0.1, 0.15) is 0 Å². The molecular weight excluding hydrogens is 677 g/mol. The summed E-state index contributed by atoms with van der Waals surface area (Å²) in [5.74, 6) is 0. The van der Waals surface area contributed by atoms with Crippen LogP contribution in [0, 0.1) is 0 Å². The summed E-state index contributed by atoms with van der Waals surface area (Å²) in [6.07, 6.45) is 0. The fourth-order valence-corrected chi connectivity index (χ4v) is 8.21. The van der Waals surface area contributed by atoms with Gasteiger partial charge in [0.05, 0.1) is 28.1 Å². The zero-order valence-corrected chi connectivity index (χ0v) is 30.8. The number of nitrogens with zero attached hydrogens (tertiary/aromatic N) is 2. The van der Waals surface area contributed by atoms with Crippen molar-refractivity contribution in [1.82, 2.24) is 4.57 Å². The number of fused-ring (bicyclic) bond motifs is 3. The van der Waals surface area contributed by atoms with Crippen molar-refractivity contribution in [3.05, 3.63) is 231 Å². The molecule has 1 heterocycles. The maximum atomic E-state index is 2.45. The standard InChI is InChI=1S/C54H38N2/c1-5-18-39(19-6-1)40-32-34-41(35-33-40)44-36-37-51(48(38-44)43-22-9-3-10-23-43)55(45-24-11-4-12-25-45)52-30-17-31-53-54(52)47-27-14-16-29-50(47)56(53)49-28-15-13-26-46(49)42-20-7-2-8-21-42/h1-38H. The predicted molar refractivity (Wildman–Crippen MR) is 237 cm³/mol. The van der Waals surface area contributed by atoms with E-state index in [9.17, 15) is 0 Å². The van der Waals surface area contributed by atoms with Gasteiger partial charge in [-0.05, 0) is 81.9 Å². The van der Waals surface area contributed by atoms with Crippen LogP contribution in [0.2, 0.25) is 0 Å². The summed E-state index contributed by atoms with van der Waals surface area (Å²) in [4.78, 5) is 2.45. The quantitative estimate of drug-likeness (QED) is 0.152. The first kappa shape index (κ1) is 33.2. The zero-order valence-electron chi connectivity index (χ0n) is 30.8. The number of rotatable bonds is 8. The first-order valence-corrected chi connectivity index (χ1v) is 19.2. The van der Waals surface area contributed by atoms with Crippen LogP contribution < -0.4 is 4.90 Å². The number of aromatic nitrogens is 1. The van der Waals surface area contributed by atoms with Gasteiger partial charge in [0.15, 0.2) is 0 Å². The van der Waals surface area contributed by atoms with Crippen LogP contribution in [0.25, 0.3) is 72.0 Å². The molecule has 0 aliphatic heterocycles. The monoisotopic (exact) mass is 714 g/mol. The third-order valence-corrected chi connectivity index (χ3v) is 10.8. The van der Waals surface area contributed by atoms with E-state index in [4.69, 9.17) is 0 Å². The first-order valence-electron chi connectivity index (χ1n) is 19.2. The molecule has 1 aromatic heterocycles. The Kier molecular flexibility index (Phi) is 8.55. The molecule has 0 N–H and O–H groups in total. The highest BCUT2D eigenvalue weighted by Gasteiger charge is 2.24. The zero-order chi connectivity index (χ0) is 37.3. The van der Waals surface area contributed by atoms with E-state index in [1.54, 1.807) is 0 Å². The molecule has 10 aromatic rings. The number of benzene rings is 9. The van der Waals surface area contributed by atoms with Crippen molar-refractivity contribution < 1.29 is 0 Å². The van der Waals surface area contributed by atoms with E-state index < -0.39 is 0 Å². The van der Waals surface area contributed by atoms with Gasteiger partial charge < -0.3 is 9.47 Å².